The third kappa shape index (κ3) is 3.09. The number of carbonyl (C=O) groups is 1. The fraction of sp³-hybridized carbons (Fsp3) is 0.562. The van der Waals surface area contributed by atoms with Crippen LogP contribution in [0, 0.1) is 12.3 Å². The van der Waals surface area contributed by atoms with Gasteiger partial charge in [0.1, 0.15) is 0 Å². The molecule has 3 N–H and O–H groups in total. The van der Waals surface area contributed by atoms with Crippen molar-refractivity contribution in [1.82, 2.24) is 5.32 Å². The zero-order valence-electron chi connectivity index (χ0n) is 12.0. The maximum absolute atomic E-state index is 12.2. The molecule has 0 spiro atoms. The van der Waals surface area contributed by atoms with E-state index in [0.717, 1.165) is 18.5 Å². The molecule has 3 heteroatoms. The van der Waals surface area contributed by atoms with Gasteiger partial charge in [-0.05, 0) is 49.3 Å². The molecule has 1 amide bonds. The molecule has 0 bridgehead atoms. The Morgan fingerprint density at radius 3 is 2.63 bits per heavy atom. The highest BCUT2D eigenvalue weighted by Crippen LogP contribution is 2.40. The number of carbonyl (C=O) groups excluding carboxylic acids is 1. The minimum Gasteiger partial charge on any atom is -0.398 e. The van der Waals surface area contributed by atoms with Gasteiger partial charge in [0.2, 0.25) is 0 Å². The highest BCUT2D eigenvalue weighted by molar-refractivity contribution is 5.99. The van der Waals surface area contributed by atoms with Crippen molar-refractivity contribution in [2.75, 3.05) is 12.3 Å². The van der Waals surface area contributed by atoms with E-state index in [1.165, 1.54) is 25.7 Å². The lowest BCUT2D eigenvalue weighted by molar-refractivity contribution is 0.0929. The van der Waals surface area contributed by atoms with Gasteiger partial charge in [0.15, 0.2) is 0 Å². The van der Waals surface area contributed by atoms with Crippen LogP contribution in [0.2, 0.25) is 0 Å². The second-order valence-corrected chi connectivity index (χ2v) is 5.83. The first kappa shape index (κ1) is 13.9. The fourth-order valence-electron chi connectivity index (χ4n) is 3.03. The summed E-state index contributed by atoms with van der Waals surface area (Å²) in [6.45, 7) is 4.97. The molecule has 0 aromatic heterocycles. The predicted molar refractivity (Wildman–Crippen MR) is 79.1 cm³/mol. The molecule has 1 aliphatic carbocycles. The van der Waals surface area contributed by atoms with E-state index in [2.05, 4.69) is 12.2 Å². The van der Waals surface area contributed by atoms with Gasteiger partial charge in [-0.25, -0.2) is 0 Å². The second kappa shape index (κ2) is 5.64. The van der Waals surface area contributed by atoms with E-state index in [1.807, 2.05) is 25.1 Å². The highest BCUT2D eigenvalue weighted by atomic mass is 16.1. The van der Waals surface area contributed by atoms with E-state index in [1.54, 1.807) is 0 Å². The van der Waals surface area contributed by atoms with Gasteiger partial charge in [-0.3, -0.25) is 4.79 Å². The van der Waals surface area contributed by atoms with Crippen LogP contribution in [-0.4, -0.2) is 12.5 Å². The Bertz CT molecular complexity index is 462. The summed E-state index contributed by atoms with van der Waals surface area (Å²) in [5, 5.41) is 3.07. The van der Waals surface area contributed by atoms with Crippen LogP contribution < -0.4 is 11.1 Å². The third-order valence-corrected chi connectivity index (χ3v) is 4.49. The van der Waals surface area contributed by atoms with Crippen LogP contribution in [0.3, 0.4) is 0 Å². The zero-order chi connectivity index (χ0) is 13.9. The lowest BCUT2D eigenvalue weighted by atomic mass is 9.83. The first-order chi connectivity index (χ1) is 9.06. The summed E-state index contributed by atoms with van der Waals surface area (Å²) in [7, 11) is 0. The normalized spacial score (nSPS) is 17.4. The van der Waals surface area contributed by atoms with E-state index in [-0.39, 0.29) is 5.91 Å². The van der Waals surface area contributed by atoms with Crippen molar-refractivity contribution in [1.29, 1.82) is 0 Å². The minimum absolute atomic E-state index is 0.0442. The summed E-state index contributed by atoms with van der Waals surface area (Å²) in [5.74, 6) is -0.0442. The quantitative estimate of drug-likeness (QED) is 0.816. The van der Waals surface area contributed by atoms with Crippen LogP contribution in [0.25, 0.3) is 0 Å². The van der Waals surface area contributed by atoms with Crippen molar-refractivity contribution in [2.24, 2.45) is 5.41 Å². The van der Waals surface area contributed by atoms with Crippen LogP contribution >= 0.6 is 0 Å². The smallest absolute Gasteiger partial charge is 0.253 e. The lowest BCUT2D eigenvalue weighted by Crippen LogP contribution is -2.35. The molecule has 1 saturated carbocycles. The molecule has 2 rings (SSSR count). The first-order valence-electron chi connectivity index (χ1n) is 7.21. The molecule has 19 heavy (non-hydrogen) atoms. The Labute approximate surface area is 115 Å². The average molecular weight is 260 g/mol. The molecule has 1 aromatic carbocycles. The van der Waals surface area contributed by atoms with Gasteiger partial charge < -0.3 is 11.1 Å². The Balaban J connectivity index is 2.01. The van der Waals surface area contributed by atoms with E-state index in [9.17, 15) is 4.79 Å². The lowest BCUT2D eigenvalue weighted by Gasteiger charge is -2.27. The number of hydrogen-bond donors (Lipinski definition) is 2. The van der Waals surface area contributed by atoms with Crippen LogP contribution in [0.5, 0.6) is 0 Å². The Morgan fingerprint density at radius 2 is 2.05 bits per heavy atom. The van der Waals surface area contributed by atoms with E-state index < -0.39 is 0 Å². The van der Waals surface area contributed by atoms with E-state index in [0.29, 0.717) is 16.7 Å². The number of nitrogens with one attached hydrogen (secondary N) is 1. The van der Waals surface area contributed by atoms with Gasteiger partial charge in [0.05, 0.1) is 5.56 Å². The van der Waals surface area contributed by atoms with E-state index in [4.69, 9.17) is 5.73 Å². The van der Waals surface area contributed by atoms with Gasteiger partial charge >= 0.3 is 0 Å². The third-order valence-electron chi connectivity index (χ3n) is 4.49. The number of nitrogen functional groups attached to an aromatic ring is 1. The van der Waals surface area contributed by atoms with Crippen LogP contribution in [0.4, 0.5) is 5.69 Å². The fourth-order valence-corrected chi connectivity index (χ4v) is 3.03. The molecule has 0 unspecified atom stereocenters. The van der Waals surface area contributed by atoms with Gasteiger partial charge in [-0.15, -0.1) is 0 Å². The number of nitrogens with two attached hydrogens (primary N) is 1. The molecule has 1 fully saturated rings. The van der Waals surface area contributed by atoms with Gasteiger partial charge in [0, 0.05) is 12.2 Å². The number of anilines is 1. The summed E-state index contributed by atoms with van der Waals surface area (Å²) in [5.41, 5.74) is 8.46. The number of hydrogen-bond acceptors (Lipinski definition) is 2. The zero-order valence-corrected chi connectivity index (χ0v) is 12.0. The molecule has 104 valence electrons. The summed E-state index contributed by atoms with van der Waals surface area (Å²) in [6, 6.07) is 5.59. The number of rotatable bonds is 4. The van der Waals surface area contributed by atoms with Crippen molar-refractivity contribution in [3.8, 4) is 0 Å². The summed E-state index contributed by atoms with van der Waals surface area (Å²) < 4.78 is 0. The van der Waals surface area contributed by atoms with Crippen molar-refractivity contribution < 1.29 is 4.79 Å². The molecule has 1 aromatic rings. The first-order valence-corrected chi connectivity index (χ1v) is 7.21. The predicted octanol–water partition coefficient (Wildman–Crippen LogP) is 3.28. The summed E-state index contributed by atoms with van der Waals surface area (Å²) >= 11 is 0. The van der Waals surface area contributed by atoms with Crippen LogP contribution in [0.15, 0.2) is 18.2 Å². The molecule has 0 atom stereocenters. The molecule has 3 nitrogen and oxygen atoms in total. The highest BCUT2D eigenvalue weighted by Gasteiger charge is 2.32. The Kier molecular flexibility index (Phi) is 4.13. The Hall–Kier alpha value is -1.51. The van der Waals surface area contributed by atoms with Crippen LogP contribution in [0.1, 0.15) is 54.9 Å². The molecular weight excluding hydrogens is 236 g/mol. The summed E-state index contributed by atoms with van der Waals surface area (Å²) in [6.07, 6.45) is 6.17. The van der Waals surface area contributed by atoms with Crippen LogP contribution in [-0.2, 0) is 0 Å². The topological polar surface area (TPSA) is 55.1 Å². The number of aryl methyl sites for hydroxylation is 1. The number of amides is 1. The second-order valence-electron chi connectivity index (χ2n) is 5.83. The van der Waals surface area contributed by atoms with Gasteiger partial charge in [0.25, 0.3) is 5.91 Å². The molecule has 0 aliphatic heterocycles. The maximum Gasteiger partial charge on any atom is 0.253 e. The SMILES string of the molecule is CCC1(CNC(=O)c2ccc(C)cc2N)CCCC1. The van der Waals surface area contributed by atoms with Gasteiger partial charge in [-0.2, -0.15) is 0 Å². The molecule has 0 saturated heterocycles. The monoisotopic (exact) mass is 260 g/mol. The maximum atomic E-state index is 12.2. The van der Waals surface area contributed by atoms with E-state index >= 15 is 0 Å². The van der Waals surface area contributed by atoms with Gasteiger partial charge in [-0.1, -0.05) is 25.8 Å². The standard InChI is InChI=1S/C16H24N2O/c1-3-16(8-4-5-9-16)11-18-15(19)13-7-6-12(2)10-14(13)17/h6-7,10H,3-5,8-9,11,17H2,1-2H3,(H,18,19). The molecular formula is C16H24N2O. The van der Waals surface area contributed by atoms with Crippen molar-refractivity contribution in [2.45, 2.75) is 46.0 Å². The molecule has 0 radical (unpaired) electrons. The van der Waals surface area contributed by atoms with Crippen molar-refractivity contribution >= 4 is 11.6 Å². The average Bonchev–Trinajstić information content (AvgIpc) is 2.85. The number of benzene rings is 1. The largest absolute Gasteiger partial charge is 0.398 e. The Morgan fingerprint density at radius 1 is 1.37 bits per heavy atom. The van der Waals surface area contributed by atoms with Crippen molar-refractivity contribution in [3.05, 3.63) is 29.3 Å². The molecule has 0 heterocycles. The molecule has 1 aliphatic rings. The summed E-state index contributed by atoms with van der Waals surface area (Å²) in [4.78, 5) is 12.2. The minimum atomic E-state index is -0.0442. The van der Waals surface area contributed by atoms with Crippen molar-refractivity contribution in [3.63, 3.8) is 0 Å².